The second-order valence-corrected chi connectivity index (χ2v) is 7.23. The number of rotatable bonds is 3. The summed E-state index contributed by atoms with van der Waals surface area (Å²) in [5.41, 5.74) is 1.57. The van der Waals surface area contributed by atoms with Crippen LogP contribution < -0.4 is 10.2 Å². The SMILES string of the molecule is Cc1cnc(N[C@H]2C[C@H](N3C(=O)C(C)(C)c4cccnc43)C2)nc1. The molecular formula is C18H21N5O. The predicted octanol–water partition coefficient (Wildman–Crippen LogP) is 2.45. The number of amides is 1. The molecule has 124 valence electrons. The van der Waals surface area contributed by atoms with E-state index in [0.29, 0.717) is 12.0 Å². The molecule has 2 aromatic rings. The van der Waals surface area contributed by atoms with Crippen LogP contribution in [0.4, 0.5) is 11.8 Å². The Morgan fingerprint density at radius 3 is 2.62 bits per heavy atom. The van der Waals surface area contributed by atoms with Crippen LogP contribution in [0.5, 0.6) is 0 Å². The number of aryl methyl sites for hydroxylation is 1. The molecule has 1 fully saturated rings. The third-order valence-electron chi connectivity index (χ3n) is 5.03. The summed E-state index contributed by atoms with van der Waals surface area (Å²) < 4.78 is 0. The highest BCUT2D eigenvalue weighted by Gasteiger charge is 2.50. The molecule has 0 spiro atoms. The normalized spacial score (nSPS) is 24.5. The summed E-state index contributed by atoms with van der Waals surface area (Å²) in [4.78, 5) is 27.8. The van der Waals surface area contributed by atoms with E-state index in [4.69, 9.17) is 0 Å². The molecule has 0 unspecified atom stereocenters. The molecule has 0 bridgehead atoms. The Morgan fingerprint density at radius 1 is 1.21 bits per heavy atom. The molecule has 0 atom stereocenters. The molecule has 1 N–H and O–H groups in total. The minimum atomic E-state index is -0.498. The van der Waals surface area contributed by atoms with Crippen molar-refractivity contribution in [1.29, 1.82) is 0 Å². The minimum Gasteiger partial charge on any atom is -0.351 e. The van der Waals surface area contributed by atoms with E-state index in [-0.39, 0.29) is 11.9 Å². The highest BCUT2D eigenvalue weighted by atomic mass is 16.2. The van der Waals surface area contributed by atoms with E-state index < -0.39 is 5.41 Å². The molecule has 6 nitrogen and oxygen atoms in total. The number of pyridine rings is 1. The summed E-state index contributed by atoms with van der Waals surface area (Å²) in [6.45, 7) is 5.92. The molecule has 3 heterocycles. The van der Waals surface area contributed by atoms with Crippen molar-refractivity contribution in [2.45, 2.75) is 51.1 Å². The monoisotopic (exact) mass is 323 g/mol. The molecule has 1 amide bonds. The molecule has 2 aromatic heterocycles. The lowest BCUT2D eigenvalue weighted by molar-refractivity contribution is -0.122. The maximum atomic E-state index is 12.9. The van der Waals surface area contributed by atoms with E-state index in [2.05, 4.69) is 20.3 Å². The second-order valence-electron chi connectivity index (χ2n) is 7.23. The maximum Gasteiger partial charge on any atom is 0.238 e. The van der Waals surface area contributed by atoms with Gasteiger partial charge in [0.05, 0.1) is 5.41 Å². The van der Waals surface area contributed by atoms with Gasteiger partial charge in [-0.05, 0) is 45.2 Å². The Balaban J connectivity index is 1.47. The van der Waals surface area contributed by atoms with Crippen LogP contribution in [0.15, 0.2) is 30.7 Å². The van der Waals surface area contributed by atoms with Gasteiger partial charge in [0.25, 0.3) is 0 Å². The molecule has 24 heavy (non-hydrogen) atoms. The summed E-state index contributed by atoms with van der Waals surface area (Å²) >= 11 is 0. The van der Waals surface area contributed by atoms with Crippen molar-refractivity contribution < 1.29 is 4.79 Å². The Kier molecular flexibility index (Phi) is 3.30. The summed E-state index contributed by atoms with van der Waals surface area (Å²) in [7, 11) is 0. The summed E-state index contributed by atoms with van der Waals surface area (Å²) in [5, 5.41) is 3.34. The number of carbonyl (C=O) groups is 1. The van der Waals surface area contributed by atoms with Gasteiger partial charge in [0, 0.05) is 36.2 Å². The highest BCUT2D eigenvalue weighted by Crippen LogP contribution is 2.44. The Labute approximate surface area is 141 Å². The van der Waals surface area contributed by atoms with Crippen molar-refractivity contribution in [3.05, 3.63) is 41.9 Å². The van der Waals surface area contributed by atoms with Crippen molar-refractivity contribution >= 4 is 17.7 Å². The third kappa shape index (κ3) is 2.25. The van der Waals surface area contributed by atoms with Crippen molar-refractivity contribution in [3.8, 4) is 0 Å². The summed E-state index contributed by atoms with van der Waals surface area (Å²) in [6.07, 6.45) is 7.13. The predicted molar refractivity (Wildman–Crippen MR) is 92.0 cm³/mol. The lowest BCUT2D eigenvalue weighted by Gasteiger charge is -2.41. The molecule has 6 heteroatoms. The number of nitrogens with one attached hydrogen (secondary N) is 1. The van der Waals surface area contributed by atoms with Gasteiger partial charge in [-0.25, -0.2) is 15.0 Å². The first-order valence-corrected chi connectivity index (χ1v) is 8.31. The first-order valence-electron chi connectivity index (χ1n) is 8.31. The third-order valence-corrected chi connectivity index (χ3v) is 5.03. The van der Waals surface area contributed by atoms with Crippen LogP contribution in [-0.2, 0) is 10.2 Å². The van der Waals surface area contributed by atoms with E-state index >= 15 is 0 Å². The van der Waals surface area contributed by atoms with Gasteiger partial charge in [0.1, 0.15) is 5.82 Å². The fourth-order valence-corrected chi connectivity index (χ4v) is 3.49. The molecular weight excluding hydrogens is 302 g/mol. The van der Waals surface area contributed by atoms with E-state index in [0.717, 1.165) is 29.8 Å². The van der Waals surface area contributed by atoms with Crippen molar-refractivity contribution in [2.24, 2.45) is 0 Å². The fourth-order valence-electron chi connectivity index (χ4n) is 3.49. The number of nitrogens with zero attached hydrogens (tertiary/aromatic N) is 4. The summed E-state index contributed by atoms with van der Waals surface area (Å²) in [6, 6.07) is 4.39. The Morgan fingerprint density at radius 2 is 1.92 bits per heavy atom. The van der Waals surface area contributed by atoms with Gasteiger partial charge < -0.3 is 5.32 Å². The van der Waals surface area contributed by atoms with Gasteiger partial charge >= 0.3 is 0 Å². The zero-order chi connectivity index (χ0) is 16.9. The lowest BCUT2D eigenvalue weighted by Crippen LogP contribution is -2.53. The maximum absolute atomic E-state index is 12.9. The largest absolute Gasteiger partial charge is 0.351 e. The van der Waals surface area contributed by atoms with Gasteiger partial charge in [-0.1, -0.05) is 6.07 Å². The van der Waals surface area contributed by atoms with Crippen LogP contribution in [0.3, 0.4) is 0 Å². The number of hydrogen-bond acceptors (Lipinski definition) is 5. The minimum absolute atomic E-state index is 0.145. The van der Waals surface area contributed by atoms with E-state index in [9.17, 15) is 4.79 Å². The van der Waals surface area contributed by atoms with E-state index in [1.54, 1.807) is 18.6 Å². The number of carbonyl (C=O) groups excluding carboxylic acids is 1. The number of fused-ring (bicyclic) bond motifs is 1. The molecule has 1 aliphatic heterocycles. The van der Waals surface area contributed by atoms with Crippen molar-refractivity contribution in [2.75, 3.05) is 10.2 Å². The molecule has 2 aliphatic rings. The van der Waals surface area contributed by atoms with Crippen LogP contribution in [0, 0.1) is 6.92 Å². The van der Waals surface area contributed by atoms with Crippen LogP contribution in [0.25, 0.3) is 0 Å². The molecule has 0 aromatic carbocycles. The first-order chi connectivity index (χ1) is 11.5. The van der Waals surface area contributed by atoms with Gasteiger partial charge in [0.2, 0.25) is 11.9 Å². The van der Waals surface area contributed by atoms with E-state index in [1.807, 2.05) is 37.8 Å². The summed E-state index contributed by atoms with van der Waals surface area (Å²) in [5.74, 6) is 1.62. The highest BCUT2D eigenvalue weighted by molar-refractivity contribution is 6.07. The average molecular weight is 323 g/mol. The quantitative estimate of drug-likeness (QED) is 0.939. The Hall–Kier alpha value is -2.50. The second kappa shape index (κ2) is 5.26. The average Bonchev–Trinajstić information content (AvgIpc) is 2.73. The Bertz CT molecular complexity index is 780. The topological polar surface area (TPSA) is 71.0 Å². The van der Waals surface area contributed by atoms with Crippen LogP contribution in [0.1, 0.15) is 37.8 Å². The van der Waals surface area contributed by atoms with Crippen molar-refractivity contribution in [1.82, 2.24) is 15.0 Å². The first kappa shape index (κ1) is 15.1. The molecule has 0 saturated heterocycles. The van der Waals surface area contributed by atoms with E-state index in [1.165, 1.54) is 0 Å². The molecule has 0 radical (unpaired) electrons. The van der Waals surface area contributed by atoms with Gasteiger partial charge in [-0.15, -0.1) is 0 Å². The van der Waals surface area contributed by atoms with Gasteiger partial charge in [-0.3, -0.25) is 9.69 Å². The lowest BCUT2D eigenvalue weighted by atomic mass is 9.84. The standard InChI is InChI=1S/C18H21N5O/c1-11-9-20-17(21-10-11)22-12-7-13(8-12)23-15-14(5-4-6-19-15)18(2,3)16(23)24/h4-6,9-10,12-13H,7-8H2,1-3H3,(H,20,21,22)/t12-,13-. The van der Waals surface area contributed by atoms with Gasteiger partial charge in [-0.2, -0.15) is 0 Å². The van der Waals surface area contributed by atoms with Crippen molar-refractivity contribution in [3.63, 3.8) is 0 Å². The zero-order valence-corrected chi connectivity index (χ0v) is 14.2. The zero-order valence-electron chi connectivity index (χ0n) is 14.2. The number of anilines is 2. The molecule has 1 saturated carbocycles. The number of aromatic nitrogens is 3. The molecule has 1 aliphatic carbocycles. The fraction of sp³-hybridized carbons (Fsp3) is 0.444. The molecule has 4 rings (SSSR count). The smallest absolute Gasteiger partial charge is 0.238 e. The van der Waals surface area contributed by atoms with Crippen LogP contribution in [-0.4, -0.2) is 32.9 Å². The van der Waals surface area contributed by atoms with Gasteiger partial charge in [0.15, 0.2) is 0 Å². The number of hydrogen-bond donors (Lipinski definition) is 1. The van der Waals surface area contributed by atoms with Crippen LogP contribution in [0.2, 0.25) is 0 Å². The van der Waals surface area contributed by atoms with Crippen LogP contribution >= 0.6 is 0 Å².